The number of hydrogen-bond acceptors (Lipinski definition) is 2. The molecular weight excluding hydrogens is 164 g/mol. The summed E-state index contributed by atoms with van der Waals surface area (Å²) in [6.07, 6.45) is 8.36. The Kier molecular flexibility index (Phi) is 6.98. The van der Waals surface area contributed by atoms with Crippen LogP contribution in [-0.2, 0) is 9.53 Å². The first-order valence-corrected chi connectivity index (χ1v) is 4.71. The largest absolute Gasteiger partial charge is 0.431 e. The first-order chi connectivity index (χ1) is 6.22. The van der Waals surface area contributed by atoms with E-state index in [4.69, 9.17) is 4.74 Å². The fraction of sp³-hybridized carbons (Fsp3) is 0.545. The Morgan fingerprint density at radius 1 is 1.46 bits per heavy atom. The molecule has 74 valence electrons. The van der Waals surface area contributed by atoms with E-state index in [9.17, 15) is 4.79 Å². The van der Waals surface area contributed by atoms with Gasteiger partial charge in [-0.15, -0.1) is 0 Å². The third-order valence-electron chi connectivity index (χ3n) is 1.75. The van der Waals surface area contributed by atoms with E-state index in [-0.39, 0.29) is 5.97 Å². The van der Waals surface area contributed by atoms with Gasteiger partial charge in [0.25, 0.3) is 0 Å². The Balaban J connectivity index is 3.64. The molecule has 0 saturated heterocycles. The molecule has 2 nitrogen and oxygen atoms in total. The van der Waals surface area contributed by atoms with Gasteiger partial charge in [-0.05, 0) is 32.8 Å². The average molecular weight is 182 g/mol. The first-order valence-electron chi connectivity index (χ1n) is 4.71. The number of rotatable bonds is 5. The lowest BCUT2D eigenvalue weighted by Gasteiger charge is -1.97. The number of carbonyl (C=O) groups is 1. The van der Waals surface area contributed by atoms with E-state index in [2.05, 4.69) is 6.92 Å². The summed E-state index contributed by atoms with van der Waals surface area (Å²) in [5, 5.41) is 0. The molecule has 2 heteroatoms. The van der Waals surface area contributed by atoms with Crippen LogP contribution < -0.4 is 0 Å². The summed E-state index contributed by atoms with van der Waals surface area (Å²) in [5.41, 5.74) is 0.639. The molecule has 0 aromatic heterocycles. The van der Waals surface area contributed by atoms with Crippen LogP contribution in [0.3, 0.4) is 0 Å². The van der Waals surface area contributed by atoms with Crippen molar-refractivity contribution in [1.29, 1.82) is 0 Å². The topological polar surface area (TPSA) is 26.3 Å². The molecule has 0 radical (unpaired) electrons. The van der Waals surface area contributed by atoms with E-state index in [1.165, 1.54) is 6.26 Å². The fourth-order valence-electron chi connectivity index (χ4n) is 0.711. The second-order valence-corrected chi connectivity index (χ2v) is 2.89. The smallest absolute Gasteiger partial charge is 0.338 e. The van der Waals surface area contributed by atoms with Gasteiger partial charge in [-0.2, -0.15) is 0 Å². The Hall–Kier alpha value is -1.05. The lowest BCUT2D eigenvalue weighted by Crippen LogP contribution is -2.00. The second-order valence-electron chi connectivity index (χ2n) is 2.89. The van der Waals surface area contributed by atoms with Gasteiger partial charge in [-0.1, -0.05) is 19.4 Å². The zero-order chi connectivity index (χ0) is 10.1. The highest BCUT2D eigenvalue weighted by atomic mass is 16.5. The predicted molar refractivity (Wildman–Crippen MR) is 54.2 cm³/mol. The highest BCUT2D eigenvalue weighted by Crippen LogP contribution is 1.98. The predicted octanol–water partition coefficient (Wildman–Crippen LogP) is 3.20. The maximum Gasteiger partial charge on any atom is 0.338 e. The van der Waals surface area contributed by atoms with Crippen molar-refractivity contribution >= 4 is 5.97 Å². The molecule has 0 aromatic carbocycles. The summed E-state index contributed by atoms with van der Waals surface area (Å²) in [6.45, 7) is 5.68. The van der Waals surface area contributed by atoms with Crippen LogP contribution in [0.1, 0.15) is 40.0 Å². The highest BCUT2D eigenvalue weighted by molar-refractivity contribution is 5.87. The van der Waals surface area contributed by atoms with Crippen LogP contribution in [-0.4, -0.2) is 5.97 Å². The molecule has 0 atom stereocenters. The van der Waals surface area contributed by atoms with E-state index < -0.39 is 0 Å². The van der Waals surface area contributed by atoms with Gasteiger partial charge < -0.3 is 4.74 Å². The molecule has 0 N–H and O–H groups in total. The van der Waals surface area contributed by atoms with Gasteiger partial charge in [0.05, 0.1) is 6.26 Å². The van der Waals surface area contributed by atoms with E-state index in [1.54, 1.807) is 13.0 Å². The second kappa shape index (κ2) is 7.59. The summed E-state index contributed by atoms with van der Waals surface area (Å²) >= 11 is 0. The molecule has 0 aliphatic heterocycles. The van der Waals surface area contributed by atoms with Crippen molar-refractivity contribution in [3.8, 4) is 0 Å². The van der Waals surface area contributed by atoms with Crippen LogP contribution in [0.15, 0.2) is 24.0 Å². The van der Waals surface area contributed by atoms with Crippen molar-refractivity contribution in [3.05, 3.63) is 24.0 Å². The Bertz CT molecular complexity index is 202. The summed E-state index contributed by atoms with van der Waals surface area (Å²) in [6, 6.07) is 0. The number of allylic oxidation sites excluding steroid dienone is 2. The van der Waals surface area contributed by atoms with Gasteiger partial charge in [0.1, 0.15) is 0 Å². The number of carbonyl (C=O) groups excluding carboxylic acids is 1. The van der Waals surface area contributed by atoms with Gasteiger partial charge in [0, 0.05) is 5.57 Å². The van der Waals surface area contributed by atoms with Gasteiger partial charge in [0.2, 0.25) is 0 Å². The summed E-state index contributed by atoms with van der Waals surface area (Å²) in [7, 11) is 0. The molecular formula is C11H18O2. The lowest BCUT2D eigenvalue weighted by molar-refractivity contribution is -0.133. The normalized spacial score (nSPS) is 12.1. The standard InChI is InChI=1S/C11H18O2/c1-4-6-7-8-9-13-11(12)10(3)5-2/h5,8-9H,4,6-7H2,1-3H3. The van der Waals surface area contributed by atoms with Crippen LogP contribution in [0.25, 0.3) is 0 Å². The minimum Gasteiger partial charge on any atom is -0.431 e. The third kappa shape index (κ3) is 6.14. The highest BCUT2D eigenvalue weighted by Gasteiger charge is 2.00. The van der Waals surface area contributed by atoms with Gasteiger partial charge in [-0.3, -0.25) is 0 Å². The quantitative estimate of drug-likeness (QED) is 0.282. The minimum absolute atomic E-state index is 0.268. The lowest BCUT2D eigenvalue weighted by atomic mass is 10.2. The van der Waals surface area contributed by atoms with Crippen LogP contribution >= 0.6 is 0 Å². The fourth-order valence-corrected chi connectivity index (χ4v) is 0.711. The van der Waals surface area contributed by atoms with E-state index >= 15 is 0 Å². The maximum atomic E-state index is 11.1. The number of ether oxygens (including phenoxy) is 1. The van der Waals surface area contributed by atoms with Crippen LogP contribution in [0.4, 0.5) is 0 Å². The SMILES string of the molecule is CC=C(C)C(=O)OC=CCCCC. The van der Waals surface area contributed by atoms with Gasteiger partial charge in [0.15, 0.2) is 0 Å². The van der Waals surface area contributed by atoms with E-state index in [0.29, 0.717) is 5.57 Å². The third-order valence-corrected chi connectivity index (χ3v) is 1.75. The van der Waals surface area contributed by atoms with Crippen LogP contribution in [0.5, 0.6) is 0 Å². The van der Waals surface area contributed by atoms with Crippen molar-refractivity contribution in [2.24, 2.45) is 0 Å². The molecule has 0 aliphatic rings. The number of esters is 1. The van der Waals surface area contributed by atoms with E-state index in [1.807, 2.05) is 13.0 Å². The van der Waals surface area contributed by atoms with E-state index in [0.717, 1.165) is 19.3 Å². The Labute approximate surface area is 80.3 Å². The van der Waals surface area contributed by atoms with Crippen molar-refractivity contribution in [1.82, 2.24) is 0 Å². The molecule has 0 aliphatic carbocycles. The molecule has 0 bridgehead atoms. The molecule has 0 heterocycles. The Morgan fingerprint density at radius 2 is 2.15 bits per heavy atom. The van der Waals surface area contributed by atoms with Crippen molar-refractivity contribution < 1.29 is 9.53 Å². The first kappa shape index (κ1) is 11.9. The summed E-state index contributed by atoms with van der Waals surface area (Å²) in [5.74, 6) is -0.268. The summed E-state index contributed by atoms with van der Waals surface area (Å²) < 4.78 is 4.85. The zero-order valence-corrected chi connectivity index (χ0v) is 8.67. The number of hydrogen-bond donors (Lipinski definition) is 0. The molecule has 0 spiro atoms. The average Bonchev–Trinajstić information content (AvgIpc) is 2.16. The minimum atomic E-state index is -0.268. The van der Waals surface area contributed by atoms with Crippen molar-refractivity contribution in [2.75, 3.05) is 0 Å². The Morgan fingerprint density at radius 3 is 2.69 bits per heavy atom. The van der Waals surface area contributed by atoms with Crippen LogP contribution in [0, 0.1) is 0 Å². The zero-order valence-electron chi connectivity index (χ0n) is 8.67. The van der Waals surface area contributed by atoms with Gasteiger partial charge >= 0.3 is 5.97 Å². The molecule has 0 amide bonds. The molecule has 0 rings (SSSR count). The number of unbranched alkanes of at least 4 members (excludes halogenated alkanes) is 2. The van der Waals surface area contributed by atoms with Gasteiger partial charge in [-0.25, -0.2) is 4.79 Å². The molecule has 0 aromatic rings. The van der Waals surface area contributed by atoms with Crippen LogP contribution in [0.2, 0.25) is 0 Å². The summed E-state index contributed by atoms with van der Waals surface area (Å²) in [4.78, 5) is 11.1. The van der Waals surface area contributed by atoms with Crippen molar-refractivity contribution in [2.45, 2.75) is 40.0 Å². The molecule has 0 fully saturated rings. The maximum absolute atomic E-state index is 11.1. The molecule has 0 unspecified atom stereocenters. The molecule has 0 saturated carbocycles. The monoisotopic (exact) mass is 182 g/mol. The molecule has 13 heavy (non-hydrogen) atoms. The van der Waals surface area contributed by atoms with Crippen molar-refractivity contribution in [3.63, 3.8) is 0 Å².